The summed E-state index contributed by atoms with van der Waals surface area (Å²) in [6.45, 7) is 10.6. The first-order valence-electron chi connectivity index (χ1n) is 11.5. The van der Waals surface area contributed by atoms with Gasteiger partial charge in [-0.15, -0.1) is 11.8 Å². The molecule has 1 aliphatic rings. The average Bonchev–Trinajstić information content (AvgIpc) is 2.75. The molecule has 31 heavy (non-hydrogen) atoms. The number of carbonyl (C=O) groups is 1. The first kappa shape index (κ1) is 23.6. The average molecular weight is 438 g/mol. The SMILES string of the molecule is CCc1cc(C)cc(CC)c1C1=C(O)CC(C(CC)CSc2ccc(C)cn2)CC1=O. The molecule has 2 unspecified atom stereocenters. The first-order valence-corrected chi connectivity index (χ1v) is 12.5. The van der Waals surface area contributed by atoms with E-state index in [1.165, 1.54) is 16.7 Å². The van der Waals surface area contributed by atoms with Crippen molar-refractivity contribution in [2.24, 2.45) is 11.8 Å². The van der Waals surface area contributed by atoms with Crippen molar-refractivity contribution >= 4 is 23.1 Å². The maximum atomic E-state index is 13.3. The highest BCUT2D eigenvalue weighted by Gasteiger charge is 2.34. The van der Waals surface area contributed by atoms with E-state index in [-0.39, 0.29) is 17.5 Å². The summed E-state index contributed by atoms with van der Waals surface area (Å²) in [5.41, 5.74) is 6.27. The van der Waals surface area contributed by atoms with Gasteiger partial charge in [0.15, 0.2) is 5.78 Å². The lowest BCUT2D eigenvalue weighted by Crippen LogP contribution is -2.27. The number of aliphatic hydroxyl groups is 1. The minimum Gasteiger partial charge on any atom is -0.512 e. The largest absolute Gasteiger partial charge is 0.512 e. The van der Waals surface area contributed by atoms with E-state index in [4.69, 9.17) is 0 Å². The van der Waals surface area contributed by atoms with Crippen molar-refractivity contribution in [2.45, 2.75) is 71.7 Å². The number of benzene rings is 1. The number of hydrogen-bond acceptors (Lipinski definition) is 4. The van der Waals surface area contributed by atoms with Crippen LogP contribution in [0.2, 0.25) is 0 Å². The number of aryl methyl sites for hydroxylation is 4. The maximum absolute atomic E-state index is 13.3. The van der Waals surface area contributed by atoms with E-state index in [2.05, 4.69) is 56.9 Å². The second kappa shape index (κ2) is 10.5. The van der Waals surface area contributed by atoms with E-state index in [0.29, 0.717) is 24.3 Å². The third-order valence-electron chi connectivity index (χ3n) is 6.45. The third kappa shape index (κ3) is 5.41. The third-order valence-corrected chi connectivity index (χ3v) is 7.58. The number of nitrogens with zero attached hydrogens (tertiary/aromatic N) is 1. The van der Waals surface area contributed by atoms with Crippen LogP contribution in [0.3, 0.4) is 0 Å². The number of carbonyl (C=O) groups excluding carboxylic acids is 1. The van der Waals surface area contributed by atoms with E-state index in [0.717, 1.165) is 41.2 Å². The highest BCUT2D eigenvalue weighted by molar-refractivity contribution is 7.99. The summed E-state index contributed by atoms with van der Waals surface area (Å²) in [5.74, 6) is 1.85. The number of pyridine rings is 1. The predicted octanol–water partition coefficient (Wildman–Crippen LogP) is 6.89. The van der Waals surface area contributed by atoms with Gasteiger partial charge in [0, 0.05) is 24.8 Å². The molecular formula is C27H35NO2S. The van der Waals surface area contributed by atoms with Crippen LogP contribution in [0.5, 0.6) is 0 Å². The molecule has 1 aromatic heterocycles. The van der Waals surface area contributed by atoms with Gasteiger partial charge in [0.1, 0.15) is 5.76 Å². The molecule has 0 saturated heterocycles. The molecule has 3 rings (SSSR count). The van der Waals surface area contributed by atoms with Crippen molar-refractivity contribution in [2.75, 3.05) is 5.75 Å². The molecule has 1 heterocycles. The fourth-order valence-corrected chi connectivity index (χ4v) is 5.86. The van der Waals surface area contributed by atoms with E-state index in [1.54, 1.807) is 11.8 Å². The summed E-state index contributed by atoms with van der Waals surface area (Å²) >= 11 is 1.75. The number of ketones is 1. The normalized spacial score (nSPS) is 17.8. The first-order chi connectivity index (χ1) is 14.9. The van der Waals surface area contributed by atoms with Gasteiger partial charge < -0.3 is 5.11 Å². The van der Waals surface area contributed by atoms with Gasteiger partial charge in [0.2, 0.25) is 0 Å². The lowest BCUT2D eigenvalue weighted by Gasteiger charge is -2.31. The minimum atomic E-state index is 0.0962. The van der Waals surface area contributed by atoms with Crippen molar-refractivity contribution in [3.8, 4) is 0 Å². The van der Waals surface area contributed by atoms with E-state index in [9.17, 15) is 9.90 Å². The number of hydrogen-bond donors (Lipinski definition) is 1. The van der Waals surface area contributed by atoms with Gasteiger partial charge in [-0.05, 0) is 66.8 Å². The topological polar surface area (TPSA) is 50.2 Å². The standard InChI is InChI=1S/C27H35NO2S/c1-6-19-11-18(5)12-20(7-2)26(19)27-23(29)13-22(14-24(27)30)21(8-3)16-31-25-10-9-17(4)15-28-25/h9-12,15,21-22,29H,6-8,13-14,16H2,1-5H3. The lowest BCUT2D eigenvalue weighted by atomic mass is 9.75. The van der Waals surface area contributed by atoms with E-state index in [1.807, 2.05) is 13.1 Å². The highest BCUT2D eigenvalue weighted by Crippen LogP contribution is 2.40. The summed E-state index contributed by atoms with van der Waals surface area (Å²) in [7, 11) is 0. The van der Waals surface area contributed by atoms with Crippen LogP contribution in [-0.4, -0.2) is 21.6 Å². The van der Waals surface area contributed by atoms with Crippen LogP contribution in [0.1, 0.15) is 67.9 Å². The Balaban J connectivity index is 1.84. The molecule has 1 aliphatic carbocycles. The quantitative estimate of drug-likeness (QED) is 0.457. The maximum Gasteiger partial charge on any atom is 0.167 e. The molecule has 166 valence electrons. The van der Waals surface area contributed by atoms with Gasteiger partial charge in [0.05, 0.1) is 10.6 Å². The number of rotatable bonds is 8. The second-order valence-electron chi connectivity index (χ2n) is 8.73. The molecule has 0 spiro atoms. The van der Waals surface area contributed by atoms with E-state index >= 15 is 0 Å². The second-order valence-corrected chi connectivity index (χ2v) is 9.77. The Morgan fingerprint density at radius 3 is 2.26 bits per heavy atom. The van der Waals surface area contributed by atoms with Gasteiger partial charge in [0.25, 0.3) is 0 Å². The molecule has 3 nitrogen and oxygen atoms in total. The van der Waals surface area contributed by atoms with Crippen molar-refractivity contribution in [3.63, 3.8) is 0 Å². The lowest BCUT2D eigenvalue weighted by molar-refractivity contribution is -0.115. The molecule has 0 radical (unpaired) electrons. The van der Waals surface area contributed by atoms with Crippen LogP contribution in [0, 0.1) is 25.7 Å². The summed E-state index contributed by atoms with van der Waals surface area (Å²) in [6, 6.07) is 8.46. The Hall–Kier alpha value is -2.07. The van der Waals surface area contributed by atoms with Crippen molar-refractivity contribution < 1.29 is 9.90 Å². The van der Waals surface area contributed by atoms with Crippen LogP contribution < -0.4 is 0 Å². The molecule has 0 saturated carbocycles. The van der Waals surface area contributed by atoms with Gasteiger partial charge in [-0.25, -0.2) is 4.98 Å². The molecule has 2 aromatic rings. The molecule has 4 heteroatoms. The van der Waals surface area contributed by atoms with Crippen molar-refractivity contribution in [3.05, 3.63) is 64.0 Å². The number of thioether (sulfide) groups is 1. The van der Waals surface area contributed by atoms with Gasteiger partial charge in [-0.1, -0.05) is 51.0 Å². The monoisotopic (exact) mass is 437 g/mol. The zero-order chi connectivity index (χ0) is 22.5. The molecule has 1 aromatic carbocycles. The molecule has 0 bridgehead atoms. The summed E-state index contributed by atoms with van der Waals surface area (Å²) < 4.78 is 0. The smallest absolute Gasteiger partial charge is 0.167 e. The van der Waals surface area contributed by atoms with Crippen molar-refractivity contribution in [1.82, 2.24) is 4.98 Å². The Morgan fingerprint density at radius 2 is 1.74 bits per heavy atom. The van der Waals surface area contributed by atoms with Crippen LogP contribution in [0.4, 0.5) is 0 Å². The number of aliphatic hydroxyl groups excluding tert-OH is 1. The molecule has 1 N–H and O–H groups in total. The van der Waals surface area contributed by atoms with Crippen LogP contribution in [-0.2, 0) is 17.6 Å². The van der Waals surface area contributed by atoms with Gasteiger partial charge in [-0.2, -0.15) is 0 Å². The Labute approximate surface area is 191 Å². The predicted molar refractivity (Wildman–Crippen MR) is 131 cm³/mol. The minimum absolute atomic E-state index is 0.0962. The zero-order valence-electron chi connectivity index (χ0n) is 19.5. The fourth-order valence-electron chi connectivity index (χ4n) is 4.68. The molecular weight excluding hydrogens is 402 g/mol. The molecule has 0 amide bonds. The summed E-state index contributed by atoms with van der Waals surface area (Å²) in [4.78, 5) is 17.8. The number of aromatic nitrogens is 1. The van der Waals surface area contributed by atoms with Crippen LogP contribution in [0.25, 0.3) is 5.57 Å². The zero-order valence-corrected chi connectivity index (χ0v) is 20.3. The molecule has 0 aliphatic heterocycles. The molecule has 0 fully saturated rings. The number of allylic oxidation sites excluding steroid dienone is 2. The van der Waals surface area contributed by atoms with Crippen LogP contribution >= 0.6 is 11.8 Å². The van der Waals surface area contributed by atoms with E-state index < -0.39 is 0 Å². The Morgan fingerprint density at radius 1 is 1.06 bits per heavy atom. The fraction of sp³-hybridized carbons (Fsp3) is 0.481. The Bertz CT molecular complexity index is 937. The Kier molecular flexibility index (Phi) is 7.99. The summed E-state index contributed by atoms with van der Waals surface area (Å²) in [6.07, 6.45) is 5.70. The van der Waals surface area contributed by atoms with Gasteiger partial charge >= 0.3 is 0 Å². The van der Waals surface area contributed by atoms with Gasteiger partial charge in [-0.3, -0.25) is 4.79 Å². The summed E-state index contributed by atoms with van der Waals surface area (Å²) in [5, 5.41) is 12.1. The number of Topliss-reactive ketones (excluding diaryl/α,β-unsaturated/α-hetero) is 1. The molecule has 2 atom stereocenters. The van der Waals surface area contributed by atoms with Crippen LogP contribution in [0.15, 0.2) is 41.2 Å². The van der Waals surface area contributed by atoms with Crippen molar-refractivity contribution in [1.29, 1.82) is 0 Å². The highest BCUT2D eigenvalue weighted by atomic mass is 32.2.